The number of nitrogens with zero attached hydrogens (tertiary/aromatic N) is 3. The Morgan fingerprint density at radius 3 is 2.94 bits per heavy atom. The van der Waals surface area contributed by atoms with E-state index < -0.39 is 0 Å². The molecular formula is C11H17BrN4S. The maximum atomic E-state index is 4.53. The number of nitrogens with one attached hydrogen (secondary N) is 1. The molecule has 1 fully saturated rings. The maximum absolute atomic E-state index is 4.53. The molecule has 0 radical (unpaired) electrons. The topological polar surface area (TPSA) is 41.1 Å². The molecule has 4 nitrogen and oxygen atoms in total. The van der Waals surface area contributed by atoms with Gasteiger partial charge in [-0.1, -0.05) is 0 Å². The van der Waals surface area contributed by atoms with Gasteiger partial charge >= 0.3 is 0 Å². The number of anilines is 2. The number of hydrogen-bond donors (Lipinski definition) is 1. The molecule has 0 aromatic carbocycles. The summed E-state index contributed by atoms with van der Waals surface area (Å²) in [5.74, 6) is 2.79. The van der Waals surface area contributed by atoms with Crippen LogP contribution in [-0.2, 0) is 0 Å². The molecule has 2 rings (SSSR count). The Labute approximate surface area is 115 Å². The van der Waals surface area contributed by atoms with E-state index in [1.807, 2.05) is 25.0 Å². The van der Waals surface area contributed by atoms with Crippen LogP contribution in [0, 0.1) is 0 Å². The van der Waals surface area contributed by atoms with Crippen molar-refractivity contribution in [3.05, 3.63) is 10.7 Å². The van der Waals surface area contributed by atoms with Crippen molar-refractivity contribution in [3.8, 4) is 0 Å². The summed E-state index contributed by atoms with van der Waals surface area (Å²) in [5, 5.41) is 2.98. The quantitative estimate of drug-likeness (QED) is 0.908. The summed E-state index contributed by atoms with van der Waals surface area (Å²) < 4.78 is 1.24. The molecule has 0 unspecified atom stereocenters. The zero-order chi connectivity index (χ0) is 12.5. The van der Waals surface area contributed by atoms with Crippen molar-refractivity contribution in [1.82, 2.24) is 9.97 Å². The van der Waals surface area contributed by atoms with Gasteiger partial charge in [-0.25, -0.2) is 4.98 Å². The molecule has 17 heavy (non-hydrogen) atoms. The van der Waals surface area contributed by atoms with Crippen molar-refractivity contribution in [3.63, 3.8) is 0 Å². The highest BCUT2D eigenvalue weighted by Crippen LogP contribution is 2.34. The molecule has 0 atom stereocenters. The third-order valence-corrected chi connectivity index (χ3v) is 4.53. The molecule has 6 heteroatoms. The molecule has 1 aromatic heterocycles. The Kier molecular flexibility index (Phi) is 3.82. The molecule has 1 saturated heterocycles. The Hall–Kier alpha value is -0.490. The number of thioether (sulfide) groups is 1. The van der Waals surface area contributed by atoms with Gasteiger partial charge in [-0.15, -0.1) is 0 Å². The first-order valence-electron chi connectivity index (χ1n) is 5.61. The van der Waals surface area contributed by atoms with Gasteiger partial charge in [0.15, 0.2) is 0 Å². The summed E-state index contributed by atoms with van der Waals surface area (Å²) >= 11 is 5.55. The lowest BCUT2D eigenvalue weighted by Gasteiger charge is -2.38. The van der Waals surface area contributed by atoms with E-state index in [1.54, 1.807) is 0 Å². The van der Waals surface area contributed by atoms with Gasteiger partial charge in [0, 0.05) is 36.8 Å². The zero-order valence-electron chi connectivity index (χ0n) is 10.3. The molecule has 0 aliphatic carbocycles. The highest BCUT2D eigenvalue weighted by atomic mass is 79.9. The van der Waals surface area contributed by atoms with Crippen molar-refractivity contribution < 1.29 is 0 Å². The minimum Gasteiger partial charge on any atom is -0.357 e. The van der Waals surface area contributed by atoms with Crippen LogP contribution in [0.5, 0.6) is 0 Å². The van der Waals surface area contributed by atoms with E-state index in [9.17, 15) is 0 Å². The van der Waals surface area contributed by atoms with Gasteiger partial charge in [0.05, 0.1) is 4.47 Å². The third kappa shape index (κ3) is 3.04. The van der Waals surface area contributed by atoms with E-state index in [-0.39, 0.29) is 4.75 Å². The minimum absolute atomic E-state index is 0.280. The van der Waals surface area contributed by atoms with Crippen molar-refractivity contribution in [1.29, 1.82) is 0 Å². The van der Waals surface area contributed by atoms with Crippen LogP contribution in [0.2, 0.25) is 0 Å². The average Bonchev–Trinajstić information content (AvgIpc) is 2.28. The smallest absolute Gasteiger partial charge is 0.224 e. The molecule has 1 aromatic rings. The highest BCUT2D eigenvalue weighted by Gasteiger charge is 2.28. The second kappa shape index (κ2) is 5.02. The first-order valence-corrected chi connectivity index (χ1v) is 7.39. The lowest BCUT2D eigenvalue weighted by Crippen LogP contribution is -2.43. The number of rotatable bonds is 2. The predicted octanol–water partition coefficient (Wildman–Crippen LogP) is 2.61. The normalized spacial score (nSPS) is 19.2. The van der Waals surface area contributed by atoms with Crippen LogP contribution in [0.15, 0.2) is 10.7 Å². The second-order valence-corrected chi connectivity index (χ2v) is 7.30. The van der Waals surface area contributed by atoms with Crippen LogP contribution >= 0.6 is 27.7 Å². The van der Waals surface area contributed by atoms with Crippen LogP contribution in [0.4, 0.5) is 11.8 Å². The SMILES string of the molecule is CNc1ncc(Br)c(N2CCSC(C)(C)C2)n1. The van der Waals surface area contributed by atoms with Crippen molar-refractivity contribution in [2.45, 2.75) is 18.6 Å². The molecule has 2 heterocycles. The summed E-state index contributed by atoms with van der Waals surface area (Å²) in [6.07, 6.45) is 1.81. The third-order valence-electron chi connectivity index (χ3n) is 2.67. The van der Waals surface area contributed by atoms with Gasteiger partial charge in [-0.2, -0.15) is 16.7 Å². The molecular weight excluding hydrogens is 300 g/mol. The summed E-state index contributed by atoms with van der Waals surface area (Å²) in [6, 6.07) is 0. The van der Waals surface area contributed by atoms with Gasteiger partial charge in [0.1, 0.15) is 5.82 Å². The first kappa shape index (κ1) is 13.0. The number of aromatic nitrogens is 2. The zero-order valence-corrected chi connectivity index (χ0v) is 12.7. The van der Waals surface area contributed by atoms with Gasteiger partial charge in [0.2, 0.25) is 5.95 Å². The average molecular weight is 317 g/mol. The van der Waals surface area contributed by atoms with E-state index in [0.717, 1.165) is 29.1 Å². The van der Waals surface area contributed by atoms with Crippen molar-refractivity contribution >= 4 is 39.5 Å². The predicted molar refractivity (Wildman–Crippen MR) is 78.0 cm³/mol. The second-order valence-electron chi connectivity index (χ2n) is 4.64. The van der Waals surface area contributed by atoms with E-state index in [4.69, 9.17) is 0 Å². The van der Waals surface area contributed by atoms with Crippen LogP contribution in [0.25, 0.3) is 0 Å². The van der Waals surface area contributed by atoms with E-state index >= 15 is 0 Å². The highest BCUT2D eigenvalue weighted by molar-refractivity contribution is 9.10. The monoisotopic (exact) mass is 316 g/mol. The minimum atomic E-state index is 0.280. The van der Waals surface area contributed by atoms with Crippen LogP contribution < -0.4 is 10.2 Å². The van der Waals surface area contributed by atoms with Gasteiger partial charge in [0.25, 0.3) is 0 Å². The number of hydrogen-bond acceptors (Lipinski definition) is 5. The summed E-state index contributed by atoms with van der Waals surface area (Å²) in [4.78, 5) is 11.0. The maximum Gasteiger partial charge on any atom is 0.224 e. The largest absolute Gasteiger partial charge is 0.357 e. The fourth-order valence-electron chi connectivity index (χ4n) is 1.90. The summed E-state index contributed by atoms with van der Waals surface area (Å²) in [7, 11) is 1.84. The Morgan fingerprint density at radius 1 is 1.53 bits per heavy atom. The molecule has 94 valence electrons. The standard InChI is InChI=1S/C11H17BrN4S/c1-11(2)7-16(4-5-17-11)9-8(12)6-14-10(13-3)15-9/h6H,4-5,7H2,1-3H3,(H,13,14,15). The Balaban J connectivity index is 2.26. The fourth-order valence-corrected chi connectivity index (χ4v) is 3.45. The van der Waals surface area contributed by atoms with E-state index in [0.29, 0.717) is 5.95 Å². The van der Waals surface area contributed by atoms with E-state index in [2.05, 4.69) is 50.0 Å². The Morgan fingerprint density at radius 2 is 2.29 bits per heavy atom. The molecule has 0 spiro atoms. The molecule has 1 aliphatic rings. The van der Waals surface area contributed by atoms with E-state index in [1.165, 1.54) is 0 Å². The van der Waals surface area contributed by atoms with Crippen LogP contribution in [-0.4, -0.2) is 40.6 Å². The first-order chi connectivity index (χ1) is 8.02. The lowest BCUT2D eigenvalue weighted by molar-refractivity contribution is 0.641. The van der Waals surface area contributed by atoms with Crippen LogP contribution in [0.1, 0.15) is 13.8 Å². The fraction of sp³-hybridized carbons (Fsp3) is 0.636. The molecule has 1 N–H and O–H groups in total. The number of halogens is 1. The molecule has 0 bridgehead atoms. The molecule has 0 amide bonds. The Bertz CT molecular complexity index is 410. The summed E-state index contributed by atoms with van der Waals surface area (Å²) in [5.41, 5.74) is 0. The van der Waals surface area contributed by atoms with Crippen LogP contribution in [0.3, 0.4) is 0 Å². The van der Waals surface area contributed by atoms with Crippen molar-refractivity contribution in [2.75, 3.05) is 36.1 Å². The van der Waals surface area contributed by atoms with Gasteiger partial charge < -0.3 is 10.2 Å². The summed E-state index contributed by atoms with van der Waals surface area (Å²) in [6.45, 7) is 6.60. The van der Waals surface area contributed by atoms with Gasteiger partial charge in [-0.05, 0) is 29.8 Å². The molecule has 1 aliphatic heterocycles. The lowest BCUT2D eigenvalue weighted by atomic mass is 10.2. The van der Waals surface area contributed by atoms with Gasteiger partial charge in [-0.3, -0.25) is 0 Å². The molecule has 0 saturated carbocycles. The van der Waals surface area contributed by atoms with Crippen molar-refractivity contribution in [2.24, 2.45) is 0 Å².